The number of hydrogen-bond acceptors (Lipinski definition) is 3. The molecule has 2 atom stereocenters. The van der Waals surface area contributed by atoms with E-state index in [1.165, 1.54) is 0 Å². The molecule has 2 unspecified atom stereocenters. The van der Waals surface area contributed by atoms with Gasteiger partial charge in [0.2, 0.25) is 0 Å². The van der Waals surface area contributed by atoms with Crippen LogP contribution in [0.25, 0.3) is 0 Å². The lowest BCUT2D eigenvalue weighted by Gasteiger charge is -2.25. The molecule has 1 aliphatic rings. The summed E-state index contributed by atoms with van der Waals surface area (Å²) in [5, 5.41) is 8.59. The van der Waals surface area contributed by atoms with E-state index in [9.17, 15) is 4.79 Å². The largest absolute Gasteiger partial charge is 0.481 e. The van der Waals surface area contributed by atoms with Crippen molar-refractivity contribution in [2.75, 3.05) is 13.2 Å². The second-order valence-corrected chi connectivity index (χ2v) is 2.80. The van der Waals surface area contributed by atoms with E-state index in [2.05, 4.69) is 0 Å². The lowest BCUT2D eigenvalue weighted by atomic mass is 9.99. The van der Waals surface area contributed by atoms with Crippen molar-refractivity contribution in [1.29, 1.82) is 0 Å². The van der Waals surface area contributed by atoms with Crippen LogP contribution in [0.3, 0.4) is 0 Å². The van der Waals surface area contributed by atoms with Gasteiger partial charge < -0.3 is 15.6 Å². The molecule has 0 aromatic rings. The van der Waals surface area contributed by atoms with Gasteiger partial charge in [0.25, 0.3) is 0 Å². The molecule has 0 spiro atoms. The average Bonchev–Trinajstić information content (AvgIpc) is 2.05. The zero-order valence-corrected chi connectivity index (χ0v) is 6.32. The molecular weight excluding hydrogens is 146 g/mol. The third-order valence-corrected chi connectivity index (χ3v) is 1.98. The first-order valence-electron chi connectivity index (χ1n) is 3.78. The first-order chi connectivity index (χ1) is 5.24. The van der Waals surface area contributed by atoms with E-state index in [0.717, 1.165) is 6.42 Å². The van der Waals surface area contributed by atoms with Gasteiger partial charge in [0.05, 0.1) is 18.6 Å². The molecule has 1 fully saturated rings. The van der Waals surface area contributed by atoms with Gasteiger partial charge in [-0.2, -0.15) is 0 Å². The number of ether oxygens (including phenoxy) is 1. The minimum atomic E-state index is -0.763. The van der Waals surface area contributed by atoms with E-state index < -0.39 is 5.97 Å². The van der Waals surface area contributed by atoms with Gasteiger partial charge in [-0.1, -0.05) is 0 Å². The summed E-state index contributed by atoms with van der Waals surface area (Å²) < 4.78 is 5.20. The number of carboxylic acids is 1. The Labute approximate surface area is 65.3 Å². The van der Waals surface area contributed by atoms with Crippen molar-refractivity contribution in [3.8, 4) is 0 Å². The normalized spacial score (nSPS) is 31.7. The van der Waals surface area contributed by atoms with Crippen LogP contribution in [-0.2, 0) is 9.53 Å². The van der Waals surface area contributed by atoms with Crippen molar-refractivity contribution in [3.63, 3.8) is 0 Å². The minimum absolute atomic E-state index is 0.0746. The van der Waals surface area contributed by atoms with Gasteiger partial charge in [0, 0.05) is 6.54 Å². The van der Waals surface area contributed by atoms with Gasteiger partial charge in [-0.05, 0) is 12.8 Å². The maximum Gasteiger partial charge on any atom is 0.308 e. The molecule has 1 heterocycles. The monoisotopic (exact) mass is 159 g/mol. The SMILES string of the molecule is NCC1CCC(C(=O)O)CO1. The van der Waals surface area contributed by atoms with E-state index in [1.54, 1.807) is 0 Å². The third-order valence-electron chi connectivity index (χ3n) is 1.98. The lowest BCUT2D eigenvalue weighted by Crippen LogP contribution is -2.34. The highest BCUT2D eigenvalue weighted by atomic mass is 16.5. The van der Waals surface area contributed by atoms with Crippen LogP contribution in [0.1, 0.15) is 12.8 Å². The van der Waals surface area contributed by atoms with Crippen molar-refractivity contribution in [1.82, 2.24) is 0 Å². The Kier molecular flexibility index (Phi) is 2.84. The standard InChI is InChI=1S/C7H13NO3/c8-3-6-2-1-5(4-11-6)7(9)10/h5-6H,1-4,8H2,(H,9,10). The molecule has 0 amide bonds. The highest BCUT2D eigenvalue weighted by molar-refractivity contribution is 5.70. The maximum atomic E-state index is 10.4. The number of aliphatic carboxylic acids is 1. The summed E-state index contributed by atoms with van der Waals surface area (Å²) in [7, 11) is 0. The molecule has 1 aliphatic heterocycles. The van der Waals surface area contributed by atoms with Crippen molar-refractivity contribution >= 4 is 5.97 Å². The summed E-state index contributed by atoms with van der Waals surface area (Å²) in [6.07, 6.45) is 1.54. The summed E-state index contributed by atoms with van der Waals surface area (Å²) in [4.78, 5) is 10.4. The first kappa shape index (κ1) is 8.49. The summed E-state index contributed by atoms with van der Waals surface area (Å²) in [6.45, 7) is 0.809. The fraction of sp³-hybridized carbons (Fsp3) is 0.857. The fourth-order valence-electron chi connectivity index (χ4n) is 1.19. The van der Waals surface area contributed by atoms with Crippen molar-refractivity contribution in [2.45, 2.75) is 18.9 Å². The van der Waals surface area contributed by atoms with Crippen molar-refractivity contribution < 1.29 is 14.6 Å². The van der Waals surface area contributed by atoms with Crippen LogP contribution >= 0.6 is 0 Å². The Hall–Kier alpha value is -0.610. The summed E-state index contributed by atoms with van der Waals surface area (Å²) in [5.74, 6) is -1.08. The van der Waals surface area contributed by atoms with Crippen LogP contribution < -0.4 is 5.73 Å². The van der Waals surface area contributed by atoms with Gasteiger partial charge in [0.15, 0.2) is 0 Å². The van der Waals surface area contributed by atoms with Gasteiger partial charge >= 0.3 is 5.97 Å². The van der Waals surface area contributed by atoms with Gasteiger partial charge in [-0.25, -0.2) is 0 Å². The Morgan fingerprint density at radius 3 is 2.73 bits per heavy atom. The van der Waals surface area contributed by atoms with Gasteiger partial charge in [0.1, 0.15) is 0 Å². The van der Waals surface area contributed by atoms with Gasteiger partial charge in [-0.15, -0.1) is 0 Å². The maximum absolute atomic E-state index is 10.4. The minimum Gasteiger partial charge on any atom is -0.481 e. The molecule has 4 nitrogen and oxygen atoms in total. The number of rotatable bonds is 2. The highest BCUT2D eigenvalue weighted by Gasteiger charge is 2.25. The Morgan fingerprint density at radius 1 is 1.64 bits per heavy atom. The average molecular weight is 159 g/mol. The molecular formula is C7H13NO3. The van der Waals surface area contributed by atoms with E-state index in [4.69, 9.17) is 15.6 Å². The zero-order valence-electron chi connectivity index (χ0n) is 6.32. The van der Waals surface area contributed by atoms with E-state index >= 15 is 0 Å². The van der Waals surface area contributed by atoms with Crippen LogP contribution in [0, 0.1) is 5.92 Å². The lowest BCUT2D eigenvalue weighted by molar-refractivity contribution is -0.148. The second kappa shape index (κ2) is 3.69. The highest BCUT2D eigenvalue weighted by Crippen LogP contribution is 2.17. The van der Waals surface area contributed by atoms with Gasteiger partial charge in [-0.3, -0.25) is 4.79 Å². The molecule has 1 rings (SSSR count). The van der Waals surface area contributed by atoms with Crippen molar-refractivity contribution in [3.05, 3.63) is 0 Å². The number of hydrogen-bond donors (Lipinski definition) is 2. The van der Waals surface area contributed by atoms with E-state index in [1.807, 2.05) is 0 Å². The molecule has 11 heavy (non-hydrogen) atoms. The summed E-state index contributed by atoms with van der Waals surface area (Å²) in [5.41, 5.74) is 5.35. The molecule has 64 valence electrons. The molecule has 0 saturated carbocycles. The molecule has 0 aromatic carbocycles. The zero-order chi connectivity index (χ0) is 8.27. The molecule has 0 bridgehead atoms. The quantitative estimate of drug-likeness (QED) is 0.586. The smallest absolute Gasteiger partial charge is 0.308 e. The Bertz CT molecular complexity index is 141. The number of nitrogens with two attached hydrogens (primary N) is 1. The summed E-state index contributed by atoms with van der Waals surface area (Å²) >= 11 is 0. The molecule has 3 N–H and O–H groups in total. The number of carboxylic acid groups (broad SMARTS) is 1. The second-order valence-electron chi connectivity index (χ2n) is 2.80. The third kappa shape index (κ3) is 2.17. The van der Waals surface area contributed by atoms with Crippen LogP contribution in [0.4, 0.5) is 0 Å². The van der Waals surface area contributed by atoms with E-state index in [0.29, 0.717) is 19.6 Å². The fourth-order valence-corrected chi connectivity index (χ4v) is 1.19. The Balaban J connectivity index is 2.30. The predicted molar refractivity (Wildman–Crippen MR) is 39.2 cm³/mol. The molecule has 0 radical (unpaired) electrons. The number of carbonyl (C=O) groups is 1. The molecule has 0 aromatic heterocycles. The topological polar surface area (TPSA) is 72.6 Å². The van der Waals surface area contributed by atoms with Crippen LogP contribution in [0.2, 0.25) is 0 Å². The molecule has 1 saturated heterocycles. The van der Waals surface area contributed by atoms with Crippen LogP contribution in [-0.4, -0.2) is 30.3 Å². The predicted octanol–water partition coefficient (Wildman–Crippen LogP) is -0.175. The Morgan fingerprint density at radius 2 is 2.36 bits per heavy atom. The summed E-state index contributed by atoms with van der Waals surface area (Å²) in [6, 6.07) is 0. The molecule has 0 aliphatic carbocycles. The van der Waals surface area contributed by atoms with Crippen LogP contribution in [0.5, 0.6) is 0 Å². The van der Waals surface area contributed by atoms with E-state index in [-0.39, 0.29) is 12.0 Å². The van der Waals surface area contributed by atoms with Crippen LogP contribution in [0.15, 0.2) is 0 Å². The first-order valence-corrected chi connectivity index (χ1v) is 3.78. The van der Waals surface area contributed by atoms with Crippen molar-refractivity contribution in [2.24, 2.45) is 11.7 Å². The molecule has 4 heteroatoms.